The van der Waals surface area contributed by atoms with Crippen LogP contribution < -0.4 is 5.32 Å². The zero-order valence-electron chi connectivity index (χ0n) is 16.1. The van der Waals surface area contributed by atoms with Gasteiger partial charge in [0.05, 0.1) is 22.7 Å². The van der Waals surface area contributed by atoms with E-state index < -0.39 is 0 Å². The fourth-order valence-corrected chi connectivity index (χ4v) is 3.59. The van der Waals surface area contributed by atoms with E-state index in [2.05, 4.69) is 25.5 Å². The highest BCUT2D eigenvalue weighted by Crippen LogP contribution is 2.27. The Kier molecular flexibility index (Phi) is 4.80. The minimum absolute atomic E-state index is 0.214. The molecule has 0 bridgehead atoms. The van der Waals surface area contributed by atoms with Crippen molar-refractivity contribution in [3.63, 3.8) is 0 Å². The van der Waals surface area contributed by atoms with E-state index in [0.717, 1.165) is 16.5 Å². The molecule has 3 aromatic carbocycles. The summed E-state index contributed by atoms with van der Waals surface area (Å²) in [5.74, 6) is -0.575. The molecule has 0 radical (unpaired) electrons. The molecule has 0 saturated heterocycles. The van der Waals surface area contributed by atoms with Crippen LogP contribution in [-0.2, 0) is 6.54 Å². The summed E-state index contributed by atoms with van der Waals surface area (Å²) in [5, 5.41) is 11.0. The number of amides is 1. The van der Waals surface area contributed by atoms with Gasteiger partial charge in [0.25, 0.3) is 5.91 Å². The molecule has 0 atom stereocenters. The number of carbonyl (C=O) groups is 1. The molecule has 0 aliphatic heterocycles. The zero-order chi connectivity index (χ0) is 21.4. The molecule has 0 spiro atoms. The predicted molar refractivity (Wildman–Crippen MR) is 117 cm³/mol. The minimum Gasteiger partial charge on any atom is -0.348 e. The number of aromatic amines is 1. The van der Waals surface area contributed by atoms with Gasteiger partial charge in [0.2, 0.25) is 0 Å². The van der Waals surface area contributed by atoms with Crippen molar-refractivity contribution in [2.45, 2.75) is 6.54 Å². The normalized spacial score (nSPS) is 11.2. The summed E-state index contributed by atoms with van der Waals surface area (Å²) in [6.07, 6.45) is 1.74. The number of aromatic nitrogens is 4. The van der Waals surface area contributed by atoms with Crippen molar-refractivity contribution in [1.29, 1.82) is 0 Å². The van der Waals surface area contributed by atoms with Crippen LogP contribution in [0.15, 0.2) is 66.9 Å². The highest BCUT2D eigenvalue weighted by atomic mass is 35.5. The first-order valence-electron chi connectivity index (χ1n) is 9.50. The number of benzene rings is 3. The van der Waals surface area contributed by atoms with Crippen LogP contribution in [0.25, 0.3) is 33.2 Å². The molecular formula is C23H15ClFN5O. The van der Waals surface area contributed by atoms with Gasteiger partial charge in [0.15, 0.2) is 5.15 Å². The lowest BCUT2D eigenvalue weighted by Gasteiger charge is -2.08. The van der Waals surface area contributed by atoms with Crippen LogP contribution in [0.1, 0.15) is 15.9 Å². The molecule has 0 unspecified atom stereocenters. The second-order valence-electron chi connectivity index (χ2n) is 7.05. The summed E-state index contributed by atoms with van der Waals surface area (Å²) in [7, 11) is 0. The minimum atomic E-state index is -0.348. The fourth-order valence-electron chi connectivity index (χ4n) is 3.35. The lowest BCUT2D eigenvalue weighted by Crippen LogP contribution is -2.22. The van der Waals surface area contributed by atoms with Crippen molar-refractivity contribution in [2.24, 2.45) is 0 Å². The number of H-pyrrole nitrogens is 1. The van der Waals surface area contributed by atoms with Gasteiger partial charge in [-0.15, -0.1) is 0 Å². The Balaban J connectivity index is 1.40. The maximum atomic E-state index is 13.2. The summed E-state index contributed by atoms with van der Waals surface area (Å²) in [6, 6.07) is 16.7. The van der Waals surface area contributed by atoms with Gasteiger partial charge in [-0.05, 0) is 60.2 Å². The van der Waals surface area contributed by atoms with Crippen LogP contribution in [0.4, 0.5) is 4.39 Å². The zero-order valence-corrected chi connectivity index (χ0v) is 16.8. The number of fused-ring (bicyclic) bond motifs is 2. The van der Waals surface area contributed by atoms with Crippen molar-refractivity contribution in [2.75, 3.05) is 0 Å². The quantitative estimate of drug-likeness (QED) is 0.424. The largest absolute Gasteiger partial charge is 0.348 e. The Morgan fingerprint density at radius 2 is 1.84 bits per heavy atom. The van der Waals surface area contributed by atoms with Gasteiger partial charge in [-0.3, -0.25) is 9.89 Å². The van der Waals surface area contributed by atoms with E-state index in [9.17, 15) is 9.18 Å². The van der Waals surface area contributed by atoms with Gasteiger partial charge in [-0.25, -0.2) is 14.4 Å². The van der Waals surface area contributed by atoms with Crippen LogP contribution in [0.3, 0.4) is 0 Å². The number of nitrogens with one attached hydrogen (secondary N) is 2. The molecule has 2 heterocycles. The third-order valence-corrected chi connectivity index (χ3v) is 5.22. The molecule has 0 saturated carbocycles. The van der Waals surface area contributed by atoms with E-state index >= 15 is 0 Å². The molecule has 31 heavy (non-hydrogen) atoms. The summed E-state index contributed by atoms with van der Waals surface area (Å²) >= 11 is 6.28. The van der Waals surface area contributed by atoms with E-state index in [1.165, 1.54) is 12.1 Å². The van der Waals surface area contributed by atoms with Crippen molar-refractivity contribution in [1.82, 2.24) is 25.5 Å². The highest BCUT2D eigenvalue weighted by Gasteiger charge is 2.12. The maximum Gasteiger partial charge on any atom is 0.251 e. The molecule has 5 rings (SSSR count). The molecule has 8 heteroatoms. The van der Waals surface area contributed by atoms with Gasteiger partial charge in [-0.1, -0.05) is 17.7 Å². The molecule has 1 amide bonds. The first-order chi connectivity index (χ1) is 15.1. The monoisotopic (exact) mass is 431 g/mol. The average Bonchev–Trinajstić information content (AvgIpc) is 3.25. The second-order valence-corrected chi connectivity index (χ2v) is 7.41. The second kappa shape index (κ2) is 7.77. The van der Waals surface area contributed by atoms with Crippen LogP contribution in [0, 0.1) is 5.82 Å². The van der Waals surface area contributed by atoms with Crippen molar-refractivity contribution >= 4 is 39.4 Å². The molecule has 152 valence electrons. The number of halogens is 2. The number of hydrogen-bond donors (Lipinski definition) is 2. The van der Waals surface area contributed by atoms with Gasteiger partial charge in [0, 0.05) is 23.1 Å². The van der Waals surface area contributed by atoms with Crippen LogP contribution >= 0.6 is 11.6 Å². The molecule has 0 aliphatic rings. The molecule has 0 fully saturated rings. The van der Waals surface area contributed by atoms with Gasteiger partial charge in [-0.2, -0.15) is 5.10 Å². The number of rotatable bonds is 4. The van der Waals surface area contributed by atoms with Gasteiger partial charge in [0.1, 0.15) is 11.5 Å². The Hall–Kier alpha value is -3.84. The fraction of sp³-hybridized carbons (Fsp3) is 0.0435. The molecule has 6 nitrogen and oxygen atoms in total. The molecule has 2 N–H and O–H groups in total. The maximum absolute atomic E-state index is 13.2. The van der Waals surface area contributed by atoms with E-state index in [-0.39, 0.29) is 16.9 Å². The average molecular weight is 432 g/mol. The van der Waals surface area contributed by atoms with E-state index in [1.54, 1.807) is 36.5 Å². The summed E-state index contributed by atoms with van der Waals surface area (Å²) in [6.45, 7) is 0.380. The first-order valence-corrected chi connectivity index (χ1v) is 9.88. The van der Waals surface area contributed by atoms with Gasteiger partial charge >= 0.3 is 0 Å². The highest BCUT2D eigenvalue weighted by molar-refractivity contribution is 6.32. The van der Waals surface area contributed by atoms with Crippen LogP contribution in [0.2, 0.25) is 5.15 Å². The molecule has 5 aromatic rings. The first kappa shape index (κ1) is 19.1. The topological polar surface area (TPSA) is 83.6 Å². The van der Waals surface area contributed by atoms with Crippen LogP contribution in [0.5, 0.6) is 0 Å². The summed E-state index contributed by atoms with van der Waals surface area (Å²) in [4.78, 5) is 21.6. The number of hydrogen-bond acceptors (Lipinski definition) is 4. The summed E-state index contributed by atoms with van der Waals surface area (Å²) < 4.78 is 13.2. The molecule has 0 aliphatic carbocycles. The lowest BCUT2D eigenvalue weighted by molar-refractivity contribution is 0.0951. The van der Waals surface area contributed by atoms with E-state index in [0.29, 0.717) is 34.4 Å². The molecule has 2 aromatic heterocycles. The Morgan fingerprint density at radius 1 is 1.00 bits per heavy atom. The van der Waals surface area contributed by atoms with E-state index in [4.69, 9.17) is 11.6 Å². The SMILES string of the molecule is O=C(NCc1ccc2[nH]ncc2c1)c1ccc2nc(Cl)c(-c3ccc(F)cc3)nc2c1. The third kappa shape index (κ3) is 3.83. The lowest BCUT2D eigenvalue weighted by atomic mass is 10.1. The van der Waals surface area contributed by atoms with Crippen molar-refractivity contribution in [3.8, 4) is 11.3 Å². The molecular weight excluding hydrogens is 417 g/mol. The van der Waals surface area contributed by atoms with Gasteiger partial charge < -0.3 is 5.32 Å². The Labute approximate surface area is 181 Å². The number of nitrogens with zero attached hydrogens (tertiary/aromatic N) is 3. The standard InChI is InChI=1S/C23H15ClFN5O/c24-22-21(14-2-5-17(25)6-3-14)28-20-10-15(4-8-19(20)29-22)23(31)26-11-13-1-7-18-16(9-13)12-27-30-18/h1-10,12H,11H2,(H,26,31)(H,27,30). The summed E-state index contributed by atoms with van der Waals surface area (Å²) in [5.41, 5.74) is 4.53. The van der Waals surface area contributed by atoms with Crippen molar-refractivity contribution in [3.05, 3.63) is 89.0 Å². The van der Waals surface area contributed by atoms with Crippen molar-refractivity contribution < 1.29 is 9.18 Å². The smallest absolute Gasteiger partial charge is 0.251 e. The number of carbonyl (C=O) groups excluding carboxylic acids is 1. The van der Waals surface area contributed by atoms with E-state index in [1.807, 2.05) is 18.2 Å². The predicted octanol–water partition coefficient (Wildman–Crippen LogP) is 4.90. The Morgan fingerprint density at radius 3 is 2.68 bits per heavy atom. The third-order valence-electron chi connectivity index (χ3n) is 4.96. The van der Waals surface area contributed by atoms with Crippen LogP contribution in [-0.4, -0.2) is 26.1 Å². The Bertz CT molecular complexity index is 1430.